The van der Waals surface area contributed by atoms with Gasteiger partial charge >= 0.3 is 0 Å². The first kappa shape index (κ1) is 13.9. The predicted molar refractivity (Wildman–Crippen MR) is 83.0 cm³/mol. The van der Waals surface area contributed by atoms with E-state index in [1.165, 1.54) is 29.7 Å². The van der Waals surface area contributed by atoms with Gasteiger partial charge in [-0.25, -0.2) is 9.37 Å². The molecule has 2 heterocycles. The van der Waals surface area contributed by atoms with Gasteiger partial charge in [-0.05, 0) is 30.5 Å². The molecule has 0 radical (unpaired) electrons. The summed E-state index contributed by atoms with van der Waals surface area (Å²) in [7, 11) is 0. The van der Waals surface area contributed by atoms with Crippen LogP contribution in [0.25, 0.3) is 10.2 Å². The topological polar surface area (TPSA) is 47.2 Å². The first-order valence-electron chi connectivity index (χ1n) is 6.03. The van der Waals surface area contributed by atoms with Crippen LogP contribution in [0.2, 0.25) is 5.02 Å². The lowest BCUT2D eigenvalue weighted by atomic mass is 10.2. The van der Waals surface area contributed by atoms with Gasteiger partial charge in [0, 0.05) is 5.56 Å². The van der Waals surface area contributed by atoms with Gasteiger partial charge in [0.2, 0.25) is 0 Å². The summed E-state index contributed by atoms with van der Waals surface area (Å²) in [5, 5.41) is 6.53. The first-order chi connectivity index (χ1) is 10.1. The van der Waals surface area contributed by atoms with Gasteiger partial charge in [-0.1, -0.05) is 17.7 Å². The van der Waals surface area contributed by atoms with Crippen LogP contribution >= 0.6 is 22.9 Å². The summed E-state index contributed by atoms with van der Waals surface area (Å²) in [4.78, 5) is 17.2. The van der Waals surface area contributed by atoms with E-state index >= 15 is 0 Å². The number of aromatic nitrogens is 2. The molecule has 4 nitrogen and oxygen atoms in total. The third-order valence-electron chi connectivity index (χ3n) is 2.94. The van der Waals surface area contributed by atoms with Gasteiger partial charge in [-0.15, -0.1) is 11.3 Å². The van der Waals surface area contributed by atoms with E-state index in [9.17, 15) is 9.18 Å². The maximum Gasteiger partial charge on any atom is 0.282 e. The minimum atomic E-state index is -0.499. The zero-order valence-electron chi connectivity index (χ0n) is 10.9. The highest BCUT2D eigenvalue weighted by Crippen LogP contribution is 2.17. The number of rotatable bonds is 2. The van der Waals surface area contributed by atoms with Crippen molar-refractivity contribution >= 4 is 39.4 Å². The summed E-state index contributed by atoms with van der Waals surface area (Å²) < 4.78 is 14.8. The second-order valence-electron chi connectivity index (χ2n) is 4.30. The standard InChI is InChI=1S/C14H9ClFN3OS/c1-8-18-13-9(5-6-21-13)14(20)19(8)17-7-10-11(15)3-2-4-12(10)16/h2-7H,1H3. The van der Waals surface area contributed by atoms with E-state index in [1.54, 1.807) is 24.4 Å². The van der Waals surface area contributed by atoms with Gasteiger partial charge in [0.05, 0.1) is 16.6 Å². The maximum absolute atomic E-state index is 13.7. The smallest absolute Gasteiger partial charge is 0.267 e. The molecule has 0 amide bonds. The van der Waals surface area contributed by atoms with Gasteiger partial charge in [0.25, 0.3) is 5.56 Å². The fourth-order valence-electron chi connectivity index (χ4n) is 1.89. The molecular formula is C14H9ClFN3OS. The number of halogens is 2. The number of hydrogen-bond acceptors (Lipinski definition) is 4. The third kappa shape index (κ3) is 2.48. The molecule has 106 valence electrons. The molecule has 0 aliphatic heterocycles. The maximum atomic E-state index is 13.7. The van der Waals surface area contributed by atoms with Crippen molar-refractivity contribution in [1.29, 1.82) is 0 Å². The van der Waals surface area contributed by atoms with E-state index in [4.69, 9.17) is 11.6 Å². The fourth-order valence-corrected chi connectivity index (χ4v) is 2.90. The molecule has 0 unspecified atom stereocenters. The number of aryl methyl sites for hydroxylation is 1. The van der Waals surface area contributed by atoms with Gasteiger partial charge in [-0.2, -0.15) is 9.78 Å². The lowest BCUT2D eigenvalue weighted by Crippen LogP contribution is -2.19. The number of benzene rings is 1. The van der Waals surface area contributed by atoms with E-state index in [0.29, 0.717) is 16.0 Å². The van der Waals surface area contributed by atoms with Crippen molar-refractivity contribution < 1.29 is 4.39 Å². The Bertz CT molecular complexity index is 896. The van der Waals surface area contributed by atoms with Gasteiger partial charge in [0.1, 0.15) is 16.5 Å². The number of hydrogen-bond donors (Lipinski definition) is 0. The summed E-state index contributed by atoms with van der Waals surface area (Å²) in [5.41, 5.74) is -0.154. The molecule has 0 N–H and O–H groups in total. The Morgan fingerprint density at radius 3 is 3.00 bits per heavy atom. The summed E-state index contributed by atoms with van der Waals surface area (Å²) >= 11 is 7.31. The first-order valence-corrected chi connectivity index (χ1v) is 7.29. The number of thiophene rings is 1. The van der Waals surface area contributed by atoms with Crippen LogP contribution in [0.4, 0.5) is 4.39 Å². The van der Waals surface area contributed by atoms with E-state index in [2.05, 4.69) is 10.1 Å². The molecule has 0 spiro atoms. The Morgan fingerprint density at radius 2 is 2.24 bits per heavy atom. The van der Waals surface area contributed by atoms with Crippen molar-refractivity contribution in [2.45, 2.75) is 6.92 Å². The summed E-state index contributed by atoms with van der Waals surface area (Å²) in [5.74, 6) is -0.0693. The highest BCUT2D eigenvalue weighted by atomic mass is 35.5. The molecule has 2 aromatic heterocycles. The Kier molecular flexibility index (Phi) is 3.57. The van der Waals surface area contributed by atoms with Crippen LogP contribution in [-0.2, 0) is 0 Å². The van der Waals surface area contributed by atoms with Crippen molar-refractivity contribution in [2.24, 2.45) is 5.10 Å². The SMILES string of the molecule is Cc1nc2sccc2c(=O)n1N=Cc1c(F)cccc1Cl. The molecule has 1 aromatic carbocycles. The van der Waals surface area contributed by atoms with Crippen LogP contribution in [0.1, 0.15) is 11.4 Å². The van der Waals surface area contributed by atoms with E-state index in [1.807, 2.05) is 0 Å². The van der Waals surface area contributed by atoms with Crippen LogP contribution in [0, 0.1) is 12.7 Å². The average Bonchev–Trinajstić information content (AvgIpc) is 2.89. The lowest BCUT2D eigenvalue weighted by Gasteiger charge is -2.03. The highest BCUT2D eigenvalue weighted by Gasteiger charge is 2.09. The van der Waals surface area contributed by atoms with Crippen LogP contribution < -0.4 is 5.56 Å². The predicted octanol–water partition coefficient (Wildman–Crippen LogP) is 3.44. The van der Waals surface area contributed by atoms with Crippen LogP contribution in [0.15, 0.2) is 39.5 Å². The monoisotopic (exact) mass is 321 g/mol. The molecule has 7 heteroatoms. The second kappa shape index (κ2) is 5.38. The van der Waals surface area contributed by atoms with Gasteiger partial charge in [0.15, 0.2) is 0 Å². The van der Waals surface area contributed by atoms with Crippen molar-refractivity contribution in [3.8, 4) is 0 Å². The number of fused-ring (bicyclic) bond motifs is 1. The molecule has 0 fully saturated rings. The van der Waals surface area contributed by atoms with Crippen molar-refractivity contribution in [3.05, 3.63) is 62.2 Å². The minimum absolute atomic E-state index is 0.135. The fraction of sp³-hybridized carbons (Fsp3) is 0.0714. The second-order valence-corrected chi connectivity index (χ2v) is 5.60. The molecule has 3 rings (SSSR count). The van der Waals surface area contributed by atoms with Crippen LogP contribution in [0.5, 0.6) is 0 Å². The molecule has 0 bridgehead atoms. The summed E-state index contributed by atoms with van der Waals surface area (Å²) in [6, 6.07) is 6.04. The molecule has 0 saturated heterocycles. The van der Waals surface area contributed by atoms with E-state index in [0.717, 1.165) is 4.68 Å². The highest BCUT2D eigenvalue weighted by molar-refractivity contribution is 7.16. The molecule has 21 heavy (non-hydrogen) atoms. The Balaban J connectivity index is 2.14. The van der Waals surface area contributed by atoms with Gasteiger partial charge in [-0.3, -0.25) is 4.79 Å². The lowest BCUT2D eigenvalue weighted by molar-refractivity contribution is 0.625. The van der Waals surface area contributed by atoms with Crippen LogP contribution in [0.3, 0.4) is 0 Å². The zero-order chi connectivity index (χ0) is 15.0. The summed E-state index contributed by atoms with van der Waals surface area (Å²) in [6.07, 6.45) is 1.23. The largest absolute Gasteiger partial charge is 0.282 e. The Hall–Kier alpha value is -2.05. The Morgan fingerprint density at radius 1 is 1.43 bits per heavy atom. The molecule has 0 saturated carbocycles. The number of nitrogens with zero attached hydrogens (tertiary/aromatic N) is 3. The third-order valence-corrected chi connectivity index (χ3v) is 4.08. The average molecular weight is 322 g/mol. The molecule has 3 aromatic rings. The van der Waals surface area contributed by atoms with Crippen LogP contribution in [-0.4, -0.2) is 15.9 Å². The quantitative estimate of drug-likeness (QED) is 0.679. The molecule has 0 atom stereocenters. The van der Waals surface area contributed by atoms with Crippen molar-refractivity contribution in [2.75, 3.05) is 0 Å². The molecule has 0 aliphatic carbocycles. The Labute approximate surface area is 128 Å². The summed E-state index contributed by atoms with van der Waals surface area (Å²) in [6.45, 7) is 1.67. The zero-order valence-corrected chi connectivity index (χ0v) is 12.5. The van der Waals surface area contributed by atoms with Gasteiger partial charge < -0.3 is 0 Å². The minimum Gasteiger partial charge on any atom is -0.267 e. The normalized spacial score (nSPS) is 11.6. The molecule has 0 aliphatic rings. The molecular weight excluding hydrogens is 313 g/mol. The van der Waals surface area contributed by atoms with E-state index < -0.39 is 5.82 Å². The van der Waals surface area contributed by atoms with E-state index in [-0.39, 0.29) is 16.1 Å². The van der Waals surface area contributed by atoms with Crippen molar-refractivity contribution in [1.82, 2.24) is 9.66 Å². The van der Waals surface area contributed by atoms with Crippen molar-refractivity contribution in [3.63, 3.8) is 0 Å².